The summed E-state index contributed by atoms with van der Waals surface area (Å²) >= 11 is 1.49. The van der Waals surface area contributed by atoms with Gasteiger partial charge in [0.25, 0.3) is 0 Å². The summed E-state index contributed by atoms with van der Waals surface area (Å²) in [6.07, 6.45) is 1.74. The monoisotopic (exact) mass is 345 g/mol. The van der Waals surface area contributed by atoms with Crippen LogP contribution in [0.25, 0.3) is 28.0 Å². The van der Waals surface area contributed by atoms with Crippen molar-refractivity contribution in [2.75, 3.05) is 0 Å². The average molecular weight is 345 g/mol. The molecule has 1 aliphatic rings. The Morgan fingerprint density at radius 1 is 0.960 bits per heavy atom. The van der Waals surface area contributed by atoms with Gasteiger partial charge in [0.05, 0.1) is 4.88 Å². The lowest BCUT2D eigenvalue weighted by Gasteiger charge is -1.95. The van der Waals surface area contributed by atoms with Crippen LogP contribution in [0.1, 0.15) is 10.4 Å². The zero-order chi connectivity index (χ0) is 16.8. The predicted molar refractivity (Wildman–Crippen MR) is 98.6 cm³/mol. The van der Waals surface area contributed by atoms with Gasteiger partial charge in [-0.2, -0.15) is 0 Å². The number of carbonyl (C=O) groups excluding carboxylic acids is 1. The number of hydrogen-bond acceptors (Lipinski definition) is 5. The molecule has 25 heavy (non-hydrogen) atoms. The number of esters is 1. The van der Waals surface area contributed by atoms with Crippen molar-refractivity contribution in [2.45, 2.75) is 0 Å². The van der Waals surface area contributed by atoms with Gasteiger partial charge in [0, 0.05) is 10.8 Å². The van der Waals surface area contributed by atoms with E-state index in [9.17, 15) is 4.79 Å². The van der Waals surface area contributed by atoms with Gasteiger partial charge in [-0.25, -0.2) is 9.79 Å². The van der Waals surface area contributed by atoms with Crippen molar-refractivity contribution in [3.8, 4) is 0 Å². The molecule has 4 aromatic rings. The van der Waals surface area contributed by atoms with Gasteiger partial charge < -0.3 is 9.15 Å². The molecule has 0 aliphatic carbocycles. The van der Waals surface area contributed by atoms with Gasteiger partial charge in [0.1, 0.15) is 11.2 Å². The third-order valence-corrected chi connectivity index (χ3v) is 4.91. The molecule has 0 bridgehead atoms. The van der Waals surface area contributed by atoms with Gasteiger partial charge in [0.15, 0.2) is 5.70 Å². The fraction of sp³-hybridized carbons (Fsp3) is 0. The second-order valence-electron chi connectivity index (χ2n) is 5.67. The Bertz CT molecular complexity index is 1180. The summed E-state index contributed by atoms with van der Waals surface area (Å²) in [4.78, 5) is 17.3. The molecule has 4 nitrogen and oxygen atoms in total. The number of nitrogens with zero attached hydrogens (tertiary/aromatic N) is 1. The minimum atomic E-state index is -0.430. The first-order valence-electron chi connectivity index (χ1n) is 7.76. The summed E-state index contributed by atoms with van der Waals surface area (Å²) in [5.74, 6) is -0.0679. The number of rotatable bonds is 2. The topological polar surface area (TPSA) is 51.8 Å². The van der Waals surface area contributed by atoms with E-state index in [1.807, 2.05) is 60.0 Å². The molecule has 0 atom stereocenters. The van der Waals surface area contributed by atoms with Crippen LogP contribution in [-0.2, 0) is 9.53 Å². The average Bonchev–Trinajstić information content (AvgIpc) is 3.34. The van der Waals surface area contributed by atoms with Gasteiger partial charge >= 0.3 is 5.97 Å². The van der Waals surface area contributed by atoms with Crippen LogP contribution in [0.5, 0.6) is 0 Å². The Labute approximate surface area is 146 Å². The van der Waals surface area contributed by atoms with Crippen molar-refractivity contribution in [3.05, 3.63) is 76.1 Å². The standard InChI is InChI=1S/C20H11NO3S/c22-20-15(21-19(24-20)18-6-3-9-25-18)11-12-7-8-17-14(10-12)13-4-1-2-5-16(13)23-17/h1-11H. The lowest BCUT2D eigenvalue weighted by atomic mass is 10.1. The van der Waals surface area contributed by atoms with E-state index in [4.69, 9.17) is 9.15 Å². The Morgan fingerprint density at radius 2 is 1.84 bits per heavy atom. The number of fused-ring (bicyclic) bond motifs is 3. The van der Waals surface area contributed by atoms with Crippen LogP contribution < -0.4 is 0 Å². The fourth-order valence-corrected chi connectivity index (χ4v) is 3.56. The van der Waals surface area contributed by atoms with Crippen molar-refractivity contribution >= 4 is 51.2 Å². The zero-order valence-corrected chi connectivity index (χ0v) is 13.7. The molecule has 3 heterocycles. The largest absolute Gasteiger partial charge is 0.456 e. The van der Waals surface area contributed by atoms with Gasteiger partial charge in [-0.1, -0.05) is 30.3 Å². The molecule has 5 rings (SSSR count). The number of cyclic esters (lactones) is 1. The Morgan fingerprint density at radius 3 is 2.72 bits per heavy atom. The summed E-state index contributed by atoms with van der Waals surface area (Å²) in [5, 5.41) is 3.99. The van der Waals surface area contributed by atoms with Crippen LogP contribution in [-0.4, -0.2) is 11.9 Å². The maximum Gasteiger partial charge on any atom is 0.363 e. The second-order valence-corrected chi connectivity index (χ2v) is 6.61. The highest BCUT2D eigenvalue weighted by Gasteiger charge is 2.24. The SMILES string of the molecule is O=C1OC(c2cccs2)=NC1=Cc1ccc2oc3ccccc3c2c1. The number of aliphatic imine (C=N–C) groups is 1. The number of benzene rings is 2. The van der Waals surface area contributed by atoms with Crippen molar-refractivity contribution < 1.29 is 13.9 Å². The first-order chi connectivity index (χ1) is 12.3. The molecule has 2 aromatic carbocycles. The van der Waals surface area contributed by atoms with E-state index >= 15 is 0 Å². The van der Waals surface area contributed by atoms with Gasteiger partial charge in [-0.3, -0.25) is 0 Å². The van der Waals surface area contributed by atoms with E-state index in [0.29, 0.717) is 11.6 Å². The molecular weight excluding hydrogens is 334 g/mol. The molecule has 0 saturated carbocycles. The lowest BCUT2D eigenvalue weighted by Crippen LogP contribution is -2.03. The highest BCUT2D eigenvalue weighted by atomic mass is 32.1. The van der Waals surface area contributed by atoms with Gasteiger partial charge in [-0.05, 0) is 41.3 Å². The highest BCUT2D eigenvalue weighted by molar-refractivity contribution is 7.12. The maximum absolute atomic E-state index is 12.1. The van der Waals surface area contributed by atoms with Crippen LogP contribution in [0.4, 0.5) is 0 Å². The summed E-state index contributed by atoms with van der Waals surface area (Å²) in [5.41, 5.74) is 2.85. The predicted octanol–water partition coefficient (Wildman–Crippen LogP) is 4.99. The van der Waals surface area contributed by atoms with E-state index in [1.54, 1.807) is 6.08 Å². The lowest BCUT2D eigenvalue weighted by molar-refractivity contribution is -0.129. The summed E-state index contributed by atoms with van der Waals surface area (Å²) in [7, 11) is 0. The van der Waals surface area contributed by atoms with Gasteiger partial charge in [-0.15, -0.1) is 11.3 Å². The first-order valence-corrected chi connectivity index (χ1v) is 8.64. The third-order valence-electron chi connectivity index (χ3n) is 4.06. The molecule has 5 heteroatoms. The third kappa shape index (κ3) is 2.37. The van der Waals surface area contributed by atoms with Crippen LogP contribution in [0.2, 0.25) is 0 Å². The molecule has 0 saturated heterocycles. The number of ether oxygens (including phenoxy) is 1. The summed E-state index contributed by atoms with van der Waals surface area (Å²) in [6.45, 7) is 0. The number of thiophene rings is 1. The minimum absolute atomic E-state index is 0.301. The van der Waals surface area contributed by atoms with E-state index < -0.39 is 5.97 Å². The molecule has 120 valence electrons. The van der Waals surface area contributed by atoms with Crippen molar-refractivity contribution in [1.82, 2.24) is 0 Å². The smallest absolute Gasteiger partial charge is 0.363 e. The molecule has 0 N–H and O–H groups in total. The normalized spacial score (nSPS) is 15.9. The van der Waals surface area contributed by atoms with E-state index in [1.165, 1.54) is 11.3 Å². The molecule has 0 unspecified atom stereocenters. The second kappa shape index (κ2) is 5.43. The number of hydrogen-bond donors (Lipinski definition) is 0. The van der Waals surface area contributed by atoms with Crippen LogP contribution >= 0.6 is 11.3 Å². The quantitative estimate of drug-likeness (QED) is 0.380. The fourth-order valence-electron chi connectivity index (χ4n) is 2.91. The van der Waals surface area contributed by atoms with Crippen molar-refractivity contribution in [2.24, 2.45) is 4.99 Å². The van der Waals surface area contributed by atoms with E-state index in [2.05, 4.69) is 4.99 Å². The Kier molecular flexibility index (Phi) is 3.08. The van der Waals surface area contributed by atoms with Crippen molar-refractivity contribution in [1.29, 1.82) is 0 Å². The molecule has 0 radical (unpaired) electrons. The number of furan rings is 1. The van der Waals surface area contributed by atoms with E-state index in [-0.39, 0.29) is 0 Å². The molecule has 0 amide bonds. The van der Waals surface area contributed by atoms with Crippen molar-refractivity contribution in [3.63, 3.8) is 0 Å². The number of carbonyl (C=O) groups is 1. The molecule has 2 aromatic heterocycles. The minimum Gasteiger partial charge on any atom is -0.456 e. The molecule has 0 fully saturated rings. The molecule has 0 spiro atoms. The maximum atomic E-state index is 12.1. The Balaban J connectivity index is 1.60. The van der Waals surface area contributed by atoms with E-state index in [0.717, 1.165) is 32.4 Å². The summed E-state index contributed by atoms with van der Waals surface area (Å²) < 4.78 is 11.1. The number of para-hydroxylation sites is 1. The molecule has 1 aliphatic heterocycles. The molecular formula is C20H11NO3S. The van der Waals surface area contributed by atoms with Gasteiger partial charge in [0.2, 0.25) is 5.90 Å². The Hall–Kier alpha value is -3.18. The summed E-state index contributed by atoms with van der Waals surface area (Å²) in [6, 6.07) is 17.5. The highest BCUT2D eigenvalue weighted by Crippen LogP contribution is 2.30. The van der Waals surface area contributed by atoms with Crippen LogP contribution in [0, 0.1) is 0 Å². The van der Waals surface area contributed by atoms with Crippen LogP contribution in [0.3, 0.4) is 0 Å². The first kappa shape index (κ1) is 14.2. The zero-order valence-electron chi connectivity index (χ0n) is 12.9. The van der Waals surface area contributed by atoms with Crippen LogP contribution in [0.15, 0.2) is 75.1 Å².